The van der Waals surface area contributed by atoms with Crippen LogP contribution in [0.25, 0.3) is 0 Å². The van der Waals surface area contributed by atoms with Crippen LogP contribution in [0, 0.1) is 5.41 Å². The van der Waals surface area contributed by atoms with Gasteiger partial charge in [-0.1, -0.05) is 20.8 Å². The van der Waals surface area contributed by atoms with Gasteiger partial charge < -0.3 is 5.11 Å². The molecule has 1 fully saturated rings. The van der Waals surface area contributed by atoms with Crippen LogP contribution in [0.15, 0.2) is 0 Å². The molecule has 0 aliphatic heterocycles. The van der Waals surface area contributed by atoms with E-state index in [9.17, 15) is 13.5 Å². The minimum Gasteiger partial charge on any atom is -0.395 e. The lowest BCUT2D eigenvalue weighted by atomic mass is 9.87. The fraction of sp³-hybridized carbons (Fsp3) is 1.00. The lowest BCUT2D eigenvalue weighted by Crippen LogP contribution is -2.55. The minimum absolute atomic E-state index is 0.0746. The van der Waals surface area contributed by atoms with Gasteiger partial charge in [-0.15, -0.1) is 0 Å². The van der Waals surface area contributed by atoms with E-state index in [0.29, 0.717) is 0 Å². The maximum Gasteiger partial charge on any atom is 0.219 e. The van der Waals surface area contributed by atoms with Crippen molar-refractivity contribution in [2.24, 2.45) is 5.41 Å². The summed E-state index contributed by atoms with van der Waals surface area (Å²) in [6.07, 6.45) is 1.81. The van der Waals surface area contributed by atoms with E-state index in [0.717, 1.165) is 12.8 Å². The van der Waals surface area contributed by atoms with Gasteiger partial charge in [0.2, 0.25) is 10.0 Å². The summed E-state index contributed by atoms with van der Waals surface area (Å²) in [6, 6.07) is -0.278. The molecule has 1 N–H and O–H groups in total. The molecule has 0 bridgehead atoms. The summed E-state index contributed by atoms with van der Waals surface area (Å²) in [6.45, 7) is 10.9. The van der Waals surface area contributed by atoms with E-state index in [-0.39, 0.29) is 24.1 Å². The summed E-state index contributed by atoms with van der Waals surface area (Å²) in [4.78, 5) is 0. The van der Waals surface area contributed by atoms with Crippen LogP contribution < -0.4 is 0 Å². The Morgan fingerprint density at radius 3 is 1.83 bits per heavy atom. The van der Waals surface area contributed by atoms with Crippen molar-refractivity contribution >= 4 is 10.0 Å². The molecule has 0 unspecified atom stereocenters. The number of rotatable bonds is 4. The Morgan fingerprint density at radius 2 is 1.61 bits per heavy atom. The van der Waals surface area contributed by atoms with Gasteiger partial charge in [0, 0.05) is 6.04 Å². The highest BCUT2D eigenvalue weighted by atomic mass is 32.2. The molecule has 1 rings (SSSR count). The number of hydrogen-bond acceptors (Lipinski definition) is 3. The summed E-state index contributed by atoms with van der Waals surface area (Å²) in [5.74, 6) is 0. The van der Waals surface area contributed by atoms with E-state index in [1.807, 2.05) is 20.8 Å². The molecule has 1 atom stereocenters. The quantitative estimate of drug-likeness (QED) is 0.855. The molecule has 0 spiro atoms. The third-order valence-corrected chi connectivity index (χ3v) is 6.09. The van der Waals surface area contributed by atoms with Crippen LogP contribution in [0.5, 0.6) is 0 Å². The molecule has 5 heteroatoms. The van der Waals surface area contributed by atoms with Crippen LogP contribution in [-0.4, -0.2) is 41.3 Å². The van der Waals surface area contributed by atoms with Crippen molar-refractivity contribution in [3.05, 3.63) is 0 Å². The maximum absolute atomic E-state index is 12.7. The average molecular weight is 277 g/mol. The summed E-state index contributed by atoms with van der Waals surface area (Å²) in [5, 5.41) is 9.63. The van der Waals surface area contributed by atoms with Gasteiger partial charge in [-0.05, 0) is 39.0 Å². The Kier molecular flexibility index (Phi) is 4.21. The Bertz CT molecular complexity index is 385. The van der Waals surface area contributed by atoms with E-state index < -0.39 is 14.8 Å². The Hall–Kier alpha value is -0.130. The van der Waals surface area contributed by atoms with Crippen LogP contribution in [0.1, 0.15) is 54.4 Å². The van der Waals surface area contributed by atoms with Gasteiger partial charge >= 0.3 is 0 Å². The van der Waals surface area contributed by atoms with Gasteiger partial charge in [-0.3, -0.25) is 0 Å². The monoisotopic (exact) mass is 277 g/mol. The van der Waals surface area contributed by atoms with E-state index in [1.165, 1.54) is 0 Å². The molecule has 0 aromatic rings. The van der Waals surface area contributed by atoms with Crippen molar-refractivity contribution in [1.29, 1.82) is 0 Å². The molecule has 0 radical (unpaired) electrons. The molecule has 4 nitrogen and oxygen atoms in total. The molecule has 1 aliphatic rings. The van der Waals surface area contributed by atoms with Gasteiger partial charge in [0.05, 0.1) is 17.4 Å². The summed E-state index contributed by atoms with van der Waals surface area (Å²) < 4.78 is 26.1. The summed E-state index contributed by atoms with van der Waals surface area (Å²) >= 11 is 0. The second-order valence-corrected chi connectivity index (χ2v) is 9.84. The first-order valence-corrected chi connectivity index (χ1v) is 8.01. The van der Waals surface area contributed by atoms with Crippen LogP contribution in [0.2, 0.25) is 0 Å². The predicted molar refractivity (Wildman–Crippen MR) is 73.9 cm³/mol. The standard InChI is InChI=1S/C13H27NO3S/c1-12(2,3)11(9-15)14(10-7-8-10)18(16,17)13(4,5)6/h10-11,15H,7-9H2,1-6H3/t11-/m1/s1. The average Bonchev–Trinajstić information content (AvgIpc) is 2.92. The molecule has 0 amide bonds. The van der Waals surface area contributed by atoms with Crippen LogP contribution >= 0.6 is 0 Å². The van der Waals surface area contributed by atoms with Crippen LogP contribution in [0.3, 0.4) is 0 Å². The lowest BCUT2D eigenvalue weighted by Gasteiger charge is -2.41. The molecule has 1 aliphatic carbocycles. The molecular weight excluding hydrogens is 250 g/mol. The van der Waals surface area contributed by atoms with Crippen molar-refractivity contribution in [2.75, 3.05) is 6.61 Å². The third-order valence-electron chi connectivity index (χ3n) is 3.44. The van der Waals surface area contributed by atoms with Gasteiger partial charge in [0.15, 0.2) is 0 Å². The first-order valence-electron chi connectivity index (χ1n) is 6.57. The zero-order valence-electron chi connectivity index (χ0n) is 12.4. The molecule has 0 aromatic carbocycles. The predicted octanol–water partition coefficient (Wildman–Crippen LogP) is 1.99. The zero-order chi connectivity index (χ0) is 14.4. The fourth-order valence-corrected chi connectivity index (χ4v) is 3.95. The second-order valence-electron chi connectivity index (χ2n) is 7.24. The fourth-order valence-electron chi connectivity index (χ4n) is 2.00. The van der Waals surface area contributed by atoms with Crippen molar-refractivity contribution in [3.8, 4) is 0 Å². The number of aliphatic hydroxyl groups excluding tert-OH is 1. The van der Waals surface area contributed by atoms with E-state index >= 15 is 0 Å². The molecule has 1 saturated carbocycles. The smallest absolute Gasteiger partial charge is 0.219 e. The number of sulfonamides is 1. The van der Waals surface area contributed by atoms with Crippen molar-refractivity contribution in [1.82, 2.24) is 4.31 Å². The minimum atomic E-state index is -3.40. The van der Waals surface area contributed by atoms with Crippen molar-refractivity contribution < 1.29 is 13.5 Å². The van der Waals surface area contributed by atoms with E-state index in [2.05, 4.69) is 0 Å². The third kappa shape index (κ3) is 3.06. The van der Waals surface area contributed by atoms with E-state index in [1.54, 1.807) is 25.1 Å². The zero-order valence-corrected chi connectivity index (χ0v) is 13.2. The van der Waals surface area contributed by atoms with Gasteiger partial charge in [-0.25, -0.2) is 8.42 Å². The molecule has 0 saturated heterocycles. The summed E-state index contributed by atoms with van der Waals surface area (Å²) in [7, 11) is -3.40. The van der Waals surface area contributed by atoms with Gasteiger partial charge in [0.1, 0.15) is 0 Å². The molecule has 0 heterocycles. The molecule has 108 valence electrons. The topological polar surface area (TPSA) is 57.6 Å². The Labute approximate surface area is 111 Å². The Balaban J connectivity index is 3.19. The Morgan fingerprint density at radius 1 is 1.17 bits per heavy atom. The number of nitrogens with zero attached hydrogens (tertiary/aromatic N) is 1. The highest BCUT2D eigenvalue weighted by Gasteiger charge is 2.49. The van der Waals surface area contributed by atoms with E-state index in [4.69, 9.17) is 0 Å². The molecule has 18 heavy (non-hydrogen) atoms. The van der Waals surface area contributed by atoms with Gasteiger partial charge in [0.25, 0.3) is 0 Å². The van der Waals surface area contributed by atoms with Crippen molar-refractivity contribution in [2.45, 2.75) is 71.2 Å². The molecule has 0 aromatic heterocycles. The normalized spacial score (nSPS) is 20.2. The van der Waals surface area contributed by atoms with Crippen LogP contribution in [-0.2, 0) is 10.0 Å². The number of hydrogen-bond donors (Lipinski definition) is 1. The highest BCUT2D eigenvalue weighted by Crippen LogP contribution is 2.39. The maximum atomic E-state index is 12.7. The first kappa shape index (κ1) is 15.9. The largest absolute Gasteiger partial charge is 0.395 e. The van der Waals surface area contributed by atoms with Crippen LogP contribution in [0.4, 0.5) is 0 Å². The number of aliphatic hydroxyl groups is 1. The summed E-state index contributed by atoms with van der Waals surface area (Å²) in [5.41, 5.74) is -0.268. The second kappa shape index (κ2) is 4.76. The lowest BCUT2D eigenvalue weighted by molar-refractivity contribution is 0.0958. The highest BCUT2D eigenvalue weighted by molar-refractivity contribution is 7.90. The molecular formula is C13H27NO3S. The van der Waals surface area contributed by atoms with Gasteiger partial charge in [-0.2, -0.15) is 4.31 Å². The SMILES string of the molecule is CC(C)(C)[C@@H](CO)N(C1CC1)S(=O)(=O)C(C)(C)C. The van der Waals surface area contributed by atoms with Crippen molar-refractivity contribution in [3.63, 3.8) is 0 Å². The first-order chi connectivity index (χ1) is 7.93.